The van der Waals surface area contributed by atoms with Gasteiger partial charge in [-0.05, 0) is 45.8 Å². The average molecular weight is 353 g/mol. The molecule has 5 heteroatoms. The van der Waals surface area contributed by atoms with Crippen molar-refractivity contribution < 1.29 is 9.53 Å². The Morgan fingerprint density at radius 1 is 1.30 bits per heavy atom. The van der Waals surface area contributed by atoms with E-state index in [1.165, 1.54) is 0 Å². The third-order valence-electron chi connectivity index (χ3n) is 3.27. The van der Waals surface area contributed by atoms with Crippen molar-refractivity contribution >= 4 is 39.0 Å². The lowest BCUT2D eigenvalue weighted by Gasteiger charge is -2.10. The van der Waals surface area contributed by atoms with Crippen molar-refractivity contribution in [1.82, 2.24) is 0 Å². The first-order valence-electron chi connectivity index (χ1n) is 6.12. The van der Waals surface area contributed by atoms with E-state index >= 15 is 0 Å². The lowest BCUT2D eigenvalue weighted by atomic mass is 9.99. The molecule has 20 heavy (non-hydrogen) atoms. The van der Waals surface area contributed by atoms with Crippen LogP contribution in [0.3, 0.4) is 0 Å². The number of halogens is 2. The molecule has 0 unspecified atom stereocenters. The molecule has 0 atom stereocenters. The molecule has 1 heterocycles. The molecule has 0 bridgehead atoms. The summed E-state index contributed by atoms with van der Waals surface area (Å²) in [5.74, 6) is 0.485. The Kier molecular flexibility index (Phi) is 3.44. The third-order valence-corrected chi connectivity index (χ3v) is 4.37. The highest BCUT2D eigenvalue weighted by atomic mass is 79.9. The van der Waals surface area contributed by atoms with Gasteiger partial charge in [-0.15, -0.1) is 0 Å². The topological polar surface area (TPSA) is 52.3 Å². The van der Waals surface area contributed by atoms with Crippen molar-refractivity contribution in [2.24, 2.45) is 0 Å². The van der Waals surface area contributed by atoms with Gasteiger partial charge in [0.25, 0.3) is 0 Å². The van der Waals surface area contributed by atoms with Gasteiger partial charge < -0.3 is 10.5 Å². The molecule has 0 fully saturated rings. The van der Waals surface area contributed by atoms with E-state index in [0.29, 0.717) is 38.7 Å². The van der Waals surface area contributed by atoms with E-state index in [0.717, 1.165) is 12.0 Å². The van der Waals surface area contributed by atoms with Crippen LogP contribution in [-0.4, -0.2) is 12.4 Å². The standard InChI is InChI=1S/C15H11BrClNO2/c16-13-10(2-1-3-12(13)18)14(19)11-7-9(17)6-8-4-5-20-15(8)11/h1-3,6-7H,4-5,18H2. The van der Waals surface area contributed by atoms with E-state index < -0.39 is 0 Å². The molecule has 0 aliphatic carbocycles. The molecule has 2 aromatic carbocycles. The number of benzene rings is 2. The predicted octanol–water partition coefficient (Wildman–Crippen LogP) is 3.85. The highest BCUT2D eigenvalue weighted by Gasteiger charge is 2.24. The Balaban J connectivity index is 2.14. The summed E-state index contributed by atoms with van der Waals surface area (Å²) in [5.41, 5.74) is 8.31. The van der Waals surface area contributed by atoms with Gasteiger partial charge >= 0.3 is 0 Å². The summed E-state index contributed by atoms with van der Waals surface area (Å²) in [4.78, 5) is 12.7. The number of rotatable bonds is 2. The maximum atomic E-state index is 12.7. The molecular weight excluding hydrogens is 342 g/mol. The Labute approximate surface area is 129 Å². The zero-order valence-corrected chi connectivity index (χ0v) is 12.8. The summed E-state index contributed by atoms with van der Waals surface area (Å²) in [6.45, 7) is 0.577. The summed E-state index contributed by atoms with van der Waals surface area (Å²) in [6.07, 6.45) is 0.772. The predicted molar refractivity (Wildman–Crippen MR) is 82.6 cm³/mol. The quantitative estimate of drug-likeness (QED) is 0.660. The first kappa shape index (κ1) is 13.5. The van der Waals surface area contributed by atoms with Crippen LogP contribution in [0.2, 0.25) is 5.02 Å². The number of ether oxygens (including phenoxy) is 1. The number of carbonyl (C=O) groups is 1. The number of fused-ring (bicyclic) bond motifs is 1. The number of hydrogen-bond donors (Lipinski definition) is 1. The minimum absolute atomic E-state index is 0.148. The molecule has 3 rings (SSSR count). The summed E-state index contributed by atoms with van der Waals surface area (Å²) in [6, 6.07) is 8.70. The molecule has 1 aliphatic rings. The summed E-state index contributed by atoms with van der Waals surface area (Å²) >= 11 is 9.44. The molecule has 0 saturated heterocycles. The monoisotopic (exact) mass is 351 g/mol. The first-order valence-corrected chi connectivity index (χ1v) is 7.29. The van der Waals surface area contributed by atoms with Crippen LogP contribution >= 0.6 is 27.5 Å². The maximum absolute atomic E-state index is 12.7. The van der Waals surface area contributed by atoms with E-state index in [9.17, 15) is 4.79 Å². The van der Waals surface area contributed by atoms with Gasteiger partial charge in [0, 0.05) is 22.7 Å². The Hall–Kier alpha value is -1.52. The largest absolute Gasteiger partial charge is 0.492 e. The minimum Gasteiger partial charge on any atom is -0.492 e. The van der Waals surface area contributed by atoms with Crippen LogP contribution in [0.25, 0.3) is 0 Å². The normalized spacial score (nSPS) is 12.9. The van der Waals surface area contributed by atoms with Gasteiger partial charge in [0.1, 0.15) is 5.75 Å². The highest BCUT2D eigenvalue weighted by molar-refractivity contribution is 9.10. The smallest absolute Gasteiger partial charge is 0.198 e. The fraction of sp³-hybridized carbons (Fsp3) is 0.133. The molecule has 0 saturated carbocycles. The molecular formula is C15H11BrClNO2. The van der Waals surface area contributed by atoms with E-state index in [1.807, 2.05) is 6.07 Å². The SMILES string of the molecule is Nc1cccc(C(=O)c2cc(Cl)cc3c2OCC3)c1Br. The molecule has 0 amide bonds. The first-order chi connectivity index (χ1) is 9.58. The number of nitrogens with two attached hydrogens (primary N) is 1. The van der Waals surface area contributed by atoms with Gasteiger partial charge in [-0.3, -0.25) is 4.79 Å². The van der Waals surface area contributed by atoms with E-state index in [4.69, 9.17) is 22.1 Å². The van der Waals surface area contributed by atoms with Crippen molar-refractivity contribution in [3.63, 3.8) is 0 Å². The van der Waals surface area contributed by atoms with Gasteiger partial charge in [0.15, 0.2) is 5.78 Å². The lowest BCUT2D eigenvalue weighted by molar-refractivity contribution is 0.103. The van der Waals surface area contributed by atoms with Crippen molar-refractivity contribution in [2.75, 3.05) is 12.3 Å². The van der Waals surface area contributed by atoms with E-state index in [1.54, 1.807) is 24.3 Å². The van der Waals surface area contributed by atoms with Gasteiger partial charge in [0.05, 0.1) is 16.6 Å². The minimum atomic E-state index is -0.148. The van der Waals surface area contributed by atoms with Crippen LogP contribution < -0.4 is 10.5 Å². The van der Waals surface area contributed by atoms with Crippen molar-refractivity contribution in [2.45, 2.75) is 6.42 Å². The Morgan fingerprint density at radius 2 is 2.10 bits per heavy atom. The van der Waals surface area contributed by atoms with Crippen LogP contribution in [0.4, 0.5) is 5.69 Å². The lowest BCUT2D eigenvalue weighted by Crippen LogP contribution is -2.06. The molecule has 2 aromatic rings. The second-order valence-corrected chi connectivity index (χ2v) is 5.81. The van der Waals surface area contributed by atoms with Gasteiger partial charge in [-0.2, -0.15) is 0 Å². The molecule has 1 aliphatic heterocycles. The summed E-state index contributed by atoms with van der Waals surface area (Å²) in [7, 11) is 0. The zero-order chi connectivity index (χ0) is 14.3. The van der Waals surface area contributed by atoms with Gasteiger partial charge in [0.2, 0.25) is 0 Å². The molecule has 0 aromatic heterocycles. The molecule has 3 nitrogen and oxygen atoms in total. The van der Waals surface area contributed by atoms with Crippen molar-refractivity contribution in [3.05, 3.63) is 56.5 Å². The summed E-state index contributed by atoms with van der Waals surface area (Å²) < 4.78 is 6.17. The fourth-order valence-electron chi connectivity index (χ4n) is 2.31. The maximum Gasteiger partial charge on any atom is 0.198 e. The average Bonchev–Trinajstić information content (AvgIpc) is 2.88. The van der Waals surface area contributed by atoms with Crippen LogP contribution in [0.1, 0.15) is 21.5 Å². The van der Waals surface area contributed by atoms with Crippen molar-refractivity contribution in [1.29, 1.82) is 0 Å². The van der Waals surface area contributed by atoms with Gasteiger partial charge in [-0.1, -0.05) is 17.7 Å². The van der Waals surface area contributed by atoms with Crippen LogP contribution in [0.15, 0.2) is 34.8 Å². The number of ketones is 1. The summed E-state index contributed by atoms with van der Waals surface area (Å²) in [5, 5.41) is 0.539. The third kappa shape index (κ3) is 2.19. The second-order valence-electron chi connectivity index (χ2n) is 4.58. The number of anilines is 1. The van der Waals surface area contributed by atoms with Crippen molar-refractivity contribution in [3.8, 4) is 5.75 Å². The number of nitrogen functional groups attached to an aromatic ring is 1. The van der Waals surface area contributed by atoms with Crippen LogP contribution in [0, 0.1) is 0 Å². The molecule has 2 N–H and O–H groups in total. The Bertz CT molecular complexity index is 715. The van der Waals surface area contributed by atoms with E-state index in [-0.39, 0.29) is 5.78 Å². The Morgan fingerprint density at radius 3 is 2.90 bits per heavy atom. The molecule has 102 valence electrons. The second kappa shape index (κ2) is 5.11. The van der Waals surface area contributed by atoms with Gasteiger partial charge in [-0.25, -0.2) is 0 Å². The fourth-order valence-corrected chi connectivity index (χ4v) is 2.99. The number of hydrogen-bond acceptors (Lipinski definition) is 3. The van der Waals surface area contributed by atoms with Crippen LogP contribution in [-0.2, 0) is 6.42 Å². The molecule has 0 spiro atoms. The highest BCUT2D eigenvalue weighted by Crippen LogP contribution is 2.36. The molecule has 0 radical (unpaired) electrons. The van der Waals surface area contributed by atoms with Crippen LogP contribution in [0.5, 0.6) is 5.75 Å². The number of carbonyl (C=O) groups excluding carboxylic acids is 1. The van der Waals surface area contributed by atoms with E-state index in [2.05, 4.69) is 15.9 Å². The zero-order valence-electron chi connectivity index (χ0n) is 10.5.